The van der Waals surface area contributed by atoms with Crippen LogP contribution in [0.1, 0.15) is 29.5 Å². The molecule has 0 saturated carbocycles. The quantitative estimate of drug-likeness (QED) is 0.886. The molecule has 0 amide bonds. The minimum Gasteiger partial charge on any atom is -0.381 e. The predicted octanol–water partition coefficient (Wildman–Crippen LogP) is 4.52. The fraction of sp³-hybridized carbons (Fsp3) is 0.368. The Kier molecular flexibility index (Phi) is 4.14. The van der Waals surface area contributed by atoms with Crippen LogP contribution in [-0.2, 0) is 6.54 Å². The lowest BCUT2D eigenvalue weighted by atomic mass is 10.1. The van der Waals surface area contributed by atoms with Crippen molar-refractivity contribution in [1.29, 1.82) is 0 Å². The summed E-state index contributed by atoms with van der Waals surface area (Å²) in [6.45, 7) is 7.58. The van der Waals surface area contributed by atoms with E-state index in [4.69, 9.17) is 0 Å². The fourth-order valence-corrected chi connectivity index (χ4v) is 2.92. The zero-order valence-corrected chi connectivity index (χ0v) is 13.0. The van der Waals surface area contributed by atoms with Gasteiger partial charge in [-0.2, -0.15) is 0 Å². The third-order valence-electron chi connectivity index (χ3n) is 4.28. The molecule has 1 saturated heterocycles. The van der Waals surface area contributed by atoms with Crippen LogP contribution in [0, 0.1) is 13.8 Å². The summed E-state index contributed by atoms with van der Waals surface area (Å²) in [5.74, 6) is 0. The highest BCUT2D eigenvalue weighted by atomic mass is 15.1. The number of nitrogens with zero attached hydrogens (tertiary/aromatic N) is 1. The first-order valence-electron chi connectivity index (χ1n) is 7.87. The van der Waals surface area contributed by atoms with Crippen molar-refractivity contribution in [2.75, 3.05) is 23.3 Å². The molecular formula is C19H24N2. The van der Waals surface area contributed by atoms with Gasteiger partial charge in [-0.15, -0.1) is 0 Å². The van der Waals surface area contributed by atoms with Crippen LogP contribution in [0.2, 0.25) is 0 Å². The molecule has 0 atom stereocenters. The highest BCUT2D eigenvalue weighted by Gasteiger charge is 2.11. The molecule has 1 aliphatic rings. The molecule has 2 nitrogen and oxygen atoms in total. The van der Waals surface area contributed by atoms with E-state index >= 15 is 0 Å². The van der Waals surface area contributed by atoms with Gasteiger partial charge in [-0.1, -0.05) is 24.3 Å². The van der Waals surface area contributed by atoms with Gasteiger partial charge in [-0.05, 0) is 61.6 Å². The van der Waals surface area contributed by atoms with Gasteiger partial charge in [-0.25, -0.2) is 0 Å². The Morgan fingerprint density at radius 2 is 1.67 bits per heavy atom. The molecule has 1 fully saturated rings. The monoisotopic (exact) mass is 280 g/mol. The van der Waals surface area contributed by atoms with Crippen LogP contribution < -0.4 is 10.2 Å². The number of rotatable bonds is 4. The van der Waals surface area contributed by atoms with Crippen LogP contribution in [0.5, 0.6) is 0 Å². The number of aryl methyl sites for hydroxylation is 2. The number of hydrogen-bond donors (Lipinski definition) is 1. The second-order valence-electron chi connectivity index (χ2n) is 6.03. The van der Waals surface area contributed by atoms with E-state index in [2.05, 4.69) is 66.5 Å². The van der Waals surface area contributed by atoms with E-state index in [0.29, 0.717) is 0 Å². The van der Waals surface area contributed by atoms with Gasteiger partial charge in [0, 0.05) is 31.0 Å². The Hall–Kier alpha value is -1.96. The largest absolute Gasteiger partial charge is 0.381 e. The van der Waals surface area contributed by atoms with Gasteiger partial charge in [-0.3, -0.25) is 0 Å². The molecule has 0 aliphatic carbocycles. The highest BCUT2D eigenvalue weighted by molar-refractivity contribution is 5.53. The average Bonchev–Trinajstić information content (AvgIpc) is 3.03. The van der Waals surface area contributed by atoms with Crippen molar-refractivity contribution < 1.29 is 0 Å². The molecule has 2 aromatic carbocycles. The number of anilines is 2. The van der Waals surface area contributed by atoms with Crippen LogP contribution in [0.3, 0.4) is 0 Å². The Bertz CT molecular complexity index is 595. The topological polar surface area (TPSA) is 15.3 Å². The summed E-state index contributed by atoms with van der Waals surface area (Å²) in [4.78, 5) is 2.47. The summed E-state index contributed by atoms with van der Waals surface area (Å²) in [6, 6.07) is 15.5. The smallest absolute Gasteiger partial charge is 0.0400 e. The Labute approximate surface area is 127 Å². The van der Waals surface area contributed by atoms with E-state index in [1.54, 1.807) is 0 Å². The molecule has 1 N–H and O–H groups in total. The van der Waals surface area contributed by atoms with Crippen molar-refractivity contribution in [1.82, 2.24) is 0 Å². The van der Waals surface area contributed by atoms with Gasteiger partial charge in [0.2, 0.25) is 0 Å². The second-order valence-corrected chi connectivity index (χ2v) is 6.03. The molecule has 3 rings (SSSR count). The molecule has 1 aliphatic heterocycles. The molecule has 110 valence electrons. The SMILES string of the molecule is Cc1ccc(C)c(NCc2ccc(N3CCCC3)cc2)c1. The predicted molar refractivity (Wildman–Crippen MR) is 91.1 cm³/mol. The highest BCUT2D eigenvalue weighted by Crippen LogP contribution is 2.21. The van der Waals surface area contributed by atoms with E-state index in [1.807, 2.05) is 0 Å². The third-order valence-corrected chi connectivity index (χ3v) is 4.28. The summed E-state index contributed by atoms with van der Waals surface area (Å²) in [5.41, 5.74) is 6.53. The fourth-order valence-electron chi connectivity index (χ4n) is 2.92. The lowest BCUT2D eigenvalue weighted by molar-refractivity contribution is 0.949. The maximum Gasteiger partial charge on any atom is 0.0400 e. The van der Waals surface area contributed by atoms with Crippen molar-refractivity contribution in [3.63, 3.8) is 0 Å². The lowest BCUT2D eigenvalue weighted by Gasteiger charge is -2.18. The van der Waals surface area contributed by atoms with Gasteiger partial charge in [0.25, 0.3) is 0 Å². The van der Waals surface area contributed by atoms with Gasteiger partial charge in [0.15, 0.2) is 0 Å². The third kappa shape index (κ3) is 3.38. The summed E-state index contributed by atoms with van der Waals surface area (Å²) in [7, 11) is 0. The van der Waals surface area contributed by atoms with Crippen molar-refractivity contribution >= 4 is 11.4 Å². The van der Waals surface area contributed by atoms with Crippen LogP contribution in [-0.4, -0.2) is 13.1 Å². The number of benzene rings is 2. The van der Waals surface area contributed by atoms with Crippen LogP contribution in [0.4, 0.5) is 11.4 Å². The van der Waals surface area contributed by atoms with Crippen molar-refractivity contribution in [3.05, 3.63) is 59.2 Å². The molecule has 0 spiro atoms. The zero-order chi connectivity index (χ0) is 14.7. The normalized spacial score (nSPS) is 14.5. The van der Waals surface area contributed by atoms with E-state index in [-0.39, 0.29) is 0 Å². The van der Waals surface area contributed by atoms with Gasteiger partial charge in [0.05, 0.1) is 0 Å². The zero-order valence-electron chi connectivity index (χ0n) is 13.0. The van der Waals surface area contributed by atoms with Gasteiger partial charge >= 0.3 is 0 Å². The molecule has 2 heteroatoms. The van der Waals surface area contributed by atoms with Crippen LogP contribution in [0.25, 0.3) is 0 Å². The first-order valence-corrected chi connectivity index (χ1v) is 7.87. The van der Waals surface area contributed by atoms with Gasteiger partial charge < -0.3 is 10.2 Å². The first kappa shape index (κ1) is 14.0. The Balaban J connectivity index is 1.64. The standard InChI is InChI=1S/C19H24N2/c1-15-5-6-16(2)19(13-15)20-14-17-7-9-18(10-8-17)21-11-3-4-12-21/h5-10,13,20H,3-4,11-12,14H2,1-2H3. The van der Waals surface area contributed by atoms with Crippen molar-refractivity contribution in [2.45, 2.75) is 33.2 Å². The maximum atomic E-state index is 3.55. The first-order chi connectivity index (χ1) is 10.2. The number of hydrogen-bond acceptors (Lipinski definition) is 2. The van der Waals surface area contributed by atoms with Crippen molar-refractivity contribution in [2.24, 2.45) is 0 Å². The Morgan fingerprint density at radius 1 is 0.952 bits per heavy atom. The van der Waals surface area contributed by atoms with Crippen molar-refractivity contribution in [3.8, 4) is 0 Å². The maximum absolute atomic E-state index is 3.55. The summed E-state index contributed by atoms with van der Waals surface area (Å²) in [5, 5.41) is 3.55. The molecule has 0 radical (unpaired) electrons. The Morgan fingerprint density at radius 3 is 2.38 bits per heavy atom. The molecule has 21 heavy (non-hydrogen) atoms. The molecule has 2 aromatic rings. The minimum absolute atomic E-state index is 0.880. The van der Waals surface area contributed by atoms with E-state index in [9.17, 15) is 0 Å². The van der Waals surface area contributed by atoms with Crippen LogP contribution >= 0.6 is 0 Å². The molecule has 0 aromatic heterocycles. The molecule has 0 unspecified atom stereocenters. The average molecular weight is 280 g/mol. The lowest BCUT2D eigenvalue weighted by Crippen LogP contribution is -2.17. The van der Waals surface area contributed by atoms with E-state index in [0.717, 1.165) is 6.54 Å². The second kappa shape index (κ2) is 6.21. The molecule has 1 heterocycles. The minimum atomic E-state index is 0.880. The van der Waals surface area contributed by atoms with E-state index < -0.39 is 0 Å². The number of nitrogens with one attached hydrogen (secondary N) is 1. The molecular weight excluding hydrogens is 256 g/mol. The summed E-state index contributed by atoms with van der Waals surface area (Å²) in [6.07, 6.45) is 2.66. The summed E-state index contributed by atoms with van der Waals surface area (Å²) >= 11 is 0. The van der Waals surface area contributed by atoms with Crippen LogP contribution in [0.15, 0.2) is 42.5 Å². The van der Waals surface area contributed by atoms with Gasteiger partial charge in [0.1, 0.15) is 0 Å². The summed E-state index contributed by atoms with van der Waals surface area (Å²) < 4.78 is 0. The van der Waals surface area contributed by atoms with E-state index in [1.165, 1.54) is 54.0 Å². The molecule has 0 bridgehead atoms.